The van der Waals surface area contributed by atoms with Crippen LogP contribution in [0.4, 0.5) is 0 Å². The van der Waals surface area contributed by atoms with Crippen molar-refractivity contribution in [2.45, 2.75) is 32.4 Å². The molecule has 35 heavy (non-hydrogen) atoms. The first-order valence-electron chi connectivity index (χ1n) is 12.3. The molecule has 0 amide bonds. The van der Waals surface area contributed by atoms with Gasteiger partial charge in [0.15, 0.2) is 0 Å². The molecule has 5 rings (SSSR count). The van der Waals surface area contributed by atoms with E-state index in [1.54, 1.807) is 12.3 Å². The number of pyridine rings is 1. The number of piperidine rings is 1. The summed E-state index contributed by atoms with van der Waals surface area (Å²) in [7, 11) is 0. The molecule has 1 saturated heterocycles. The van der Waals surface area contributed by atoms with Crippen molar-refractivity contribution in [1.82, 2.24) is 25.6 Å². The van der Waals surface area contributed by atoms with Crippen LogP contribution in [0.25, 0.3) is 10.9 Å². The van der Waals surface area contributed by atoms with Crippen molar-refractivity contribution in [2.75, 3.05) is 19.6 Å². The van der Waals surface area contributed by atoms with Crippen LogP contribution < -0.4 is 20.9 Å². The summed E-state index contributed by atoms with van der Waals surface area (Å²) in [5.74, 6) is 1.85. The summed E-state index contributed by atoms with van der Waals surface area (Å²) in [5, 5.41) is 7.49. The largest absolute Gasteiger partial charge is 0.486 e. The van der Waals surface area contributed by atoms with E-state index in [0.717, 1.165) is 37.5 Å². The third kappa shape index (κ3) is 6.12. The quantitative estimate of drug-likeness (QED) is 0.347. The number of fused-ring (bicyclic) bond motifs is 1. The van der Waals surface area contributed by atoms with Crippen LogP contribution in [0.2, 0.25) is 0 Å². The number of nitrogens with zero attached hydrogens (tertiary/aromatic N) is 2. The second-order valence-electron chi connectivity index (χ2n) is 9.10. The molecule has 0 bridgehead atoms. The molecule has 1 aliphatic heterocycles. The number of benzene rings is 2. The zero-order valence-corrected chi connectivity index (χ0v) is 19.8. The number of aromatic nitrogens is 3. The minimum Gasteiger partial charge on any atom is -0.486 e. The fourth-order valence-corrected chi connectivity index (χ4v) is 4.54. The summed E-state index contributed by atoms with van der Waals surface area (Å²) in [6, 6.07) is 20.1. The number of aromatic amines is 1. The fourth-order valence-electron chi connectivity index (χ4n) is 4.54. The Morgan fingerprint density at radius 3 is 2.66 bits per heavy atom. The summed E-state index contributed by atoms with van der Waals surface area (Å²) in [6.45, 7) is 3.83. The number of ether oxygens (including phenoxy) is 1. The van der Waals surface area contributed by atoms with Crippen molar-refractivity contribution in [2.24, 2.45) is 5.92 Å². The lowest BCUT2D eigenvalue weighted by Gasteiger charge is -2.22. The molecular formula is C28H31N5O2. The van der Waals surface area contributed by atoms with Crippen LogP contribution in [0.5, 0.6) is 5.75 Å². The number of rotatable bonds is 9. The van der Waals surface area contributed by atoms with Crippen LogP contribution in [0.15, 0.2) is 71.7 Å². The van der Waals surface area contributed by atoms with Crippen LogP contribution in [0.3, 0.4) is 0 Å². The molecule has 0 spiro atoms. The lowest BCUT2D eigenvalue weighted by molar-refractivity contribution is 0.296. The van der Waals surface area contributed by atoms with E-state index in [1.807, 2.05) is 18.2 Å². The zero-order chi connectivity index (χ0) is 23.9. The average molecular weight is 470 g/mol. The summed E-state index contributed by atoms with van der Waals surface area (Å²) in [6.07, 6.45) is 5.00. The van der Waals surface area contributed by atoms with E-state index in [9.17, 15) is 4.79 Å². The number of hydrogen-bond donors (Lipinski definition) is 3. The van der Waals surface area contributed by atoms with Gasteiger partial charge in [-0.05, 0) is 74.1 Å². The molecule has 3 heterocycles. The highest BCUT2D eigenvalue weighted by Crippen LogP contribution is 2.17. The fraction of sp³-hybridized carbons (Fsp3) is 0.321. The molecule has 4 aromatic rings. The van der Waals surface area contributed by atoms with Gasteiger partial charge < -0.3 is 20.4 Å². The predicted octanol–water partition coefficient (Wildman–Crippen LogP) is 3.58. The summed E-state index contributed by atoms with van der Waals surface area (Å²) >= 11 is 0. The van der Waals surface area contributed by atoms with E-state index >= 15 is 0 Å². The molecule has 7 nitrogen and oxygen atoms in total. The van der Waals surface area contributed by atoms with Crippen molar-refractivity contribution < 1.29 is 4.74 Å². The maximum Gasteiger partial charge on any atom is 0.258 e. The third-order valence-electron chi connectivity index (χ3n) is 6.42. The molecule has 7 heteroatoms. The molecule has 1 unspecified atom stereocenters. The van der Waals surface area contributed by atoms with Gasteiger partial charge in [0.25, 0.3) is 5.56 Å². The Balaban J connectivity index is 1.23. The number of nitrogens with one attached hydrogen (secondary N) is 3. The first kappa shape index (κ1) is 23.2. The minimum absolute atomic E-state index is 0.174. The Kier molecular flexibility index (Phi) is 7.46. The minimum atomic E-state index is -0.174. The second kappa shape index (κ2) is 11.3. The van der Waals surface area contributed by atoms with Gasteiger partial charge in [0.05, 0.1) is 11.1 Å². The van der Waals surface area contributed by atoms with Crippen molar-refractivity contribution in [1.29, 1.82) is 0 Å². The number of hydrogen-bond acceptors (Lipinski definition) is 6. The van der Waals surface area contributed by atoms with E-state index in [-0.39, 0.29) is 12.2 Å². The average Bonchev–Trinajstić information content (AvgIpc) is 2.90. The molecule has 0 saturated carbocycles. The first-order chi connectivity index (χ1) is 17.2. The molecular weight excluding hydrogens is 438 g/mol. The highest BCUT2D eigenvalue weighted by Gasteiger charge is 2.14. The van der Waals surface area contributed by atoms with Crippen LogP contribution in [0.1, 0.15) is 35.5 Å². The molecule has 0 radical (unpaired) electrons. The summed E-state index contributed by atoms with van der Waals surface area (Å²) < 4.78 is 5.93. The van der Waals surface area contributed by atoms with Gasteiger partial charge in [-0.15, -0.1) is 0 Å². The van der Waals surface area contributed by atoms with Gasteiger partial charge in [0.1, 0.15) is 23.7 Å². The third-order valence-corrected chi connectivity index (χ3v) is 6.42. The lowest BCUT2D eigenvalue weighted by atomic mass is 10.00. The Labute approximate surface area is 205 Å². The van der Waals surface area contributed by atoms with Crippen LogP contribution >= 0.6 is 0 Å². The van der Waals surface area contributed by atoms with E-state index < -0.39 is 0 Å². The molecule has 180 valence electrons. The molecule has 2 aromatic carbocycles. The van der Waals surface area contributed by atoms with Crippen LogP contribution in [-0.4, -0.2) is 34.6 Å². The van der Waals surface area contributed by atoms with E-state index in [0.29, 0.717) is 29.2 Å². The highest BCUT2D eigenvalue weighted by molar-refractivity contribution is 5.79. The summed E-state index contributed by atoms with van der Waals surface area (Å²) in [5.41, 5.74) is 3.72. The van der Waals surface area contributed by atoms with E-state index in [4.69, 9.17) is 9.72 Å². The Morgan fingerprint density at radius 2 is 1.86 bits per heavy atom. The maximum absolute atomic E-state index is 12.7. The van der Waals surface area contributed by atoms with Crippen molar-refractivity contribution in [3.05, 3.63) is 99.9 Å². The van der Waals surface area contributed by atoms with Gasteiger partial charge in [-0.2, -0.15) is 0 Å². The number of H-pyrrole nitrogens is 1. The zero-order valence-electron chi connectivity index (χ0n) is 19.8. The Hall–Kier alpha value is -3.55. The van der Waals surface area contributed by atoms with Crippen molar-refractivity contribution in [3.63, 3.8) is 0 Å². The first-order valence-corrected chi connectivity index (χ1v) is 12.3. The predicted molar refractivity (Wildman–Crippen MR) is 137 cm³/mol. The second-order valence-corrected chi connectivity index (χ2v) is 9.10. The summed E-state index contributed by atoms with van der Waals surface area (Å²) in [4.78, 5) is 24.7. The van der Waals surface area contributed by atoms with Crippen molar-refractivity contribution >= 4 is 10.9 Å². The van der Waals surface area contributed by atoms with Gasteiger partial charge in [-0.25, -0.2) is 4.98 Å². The Morgan fingerprint density at radius 1 is 1.03 bits per heavy atom. The van der Waals surface area contributed by atoms with Crippen molar-refractivity contribution in [3.8, 4) is 5.75 Å². The van der Waals surface area contributed by atoms with Gasteiger partial charge in [-0.1, -0.05) is 42.5 Å². The smallest absolute Gasteiger partial charge is 0.258 e. The van der Waals surface area contributed by atoms with E-state index in [1.165, 1.54) is 24.0 Å². The molecule has 0 aliphatic carbocycles. The maximum atomic E-state index is 12.7. The molecule has 1 aliphatic rings. The monoisotopic (exact) mass is 469 g/mol. The molecule has 2 aromatic heterocycles. The van der Waals surface area contributed by atoms with Gasteiger partial charge >= 0.3 is 0 Å². The lowest BCUT2D eigenvalue weighted by Crippen LogP contribution is -2.36. The van der Waals surface area contributed by atoms with E-state index in [2.05, 4.69) is 57.0 Å². The topological polar surface area (TPSA) is 91.9 Å². The van der Waals surface area contributed by atoms with Gasteiger partial charge in [-0.3, -0.25) is 9.78 Å². The highest BCUT2D eigenvalue weighted by atomic mass is 16.5. The van der Waals surface area contributed by atoms with Gasteiger partial charge in [0.2, 0.25) is 0 Å². The van der Waals surface area contributed by atoms with Crippen LogP contribution in [0, 0.1) is 5.92 Å². The molecule has 1 atom stereocenters. The normalized spacial score (nSPS) is 15.8. The SMILES string of the molecule is O=c1[nH]c(COc2ccc(Cc3ccccc3)cc2)nc2c(CNCC3CCCNC3)nccc12. The van der Waals surface area contributed by atoms with Crippen LogP contribution in [-0.2, 0) is 19.6 Å². The van der Waals surface area contributed by atoms with Gasteiger partial charge in [0, 0.05) is 12.7 Å². The molecule has 1 fully saturated rings. The standard InChI is InChI=1S/C28H31N5O2/c34-28-24-12-14-31-25(18-30-17-22-7-4-13-29-16-22)27(24)32-26(33-28)19-35-23-10-8-21(9-11-23)15-20-5-2-1-3-6-20/h1-3,5-6,8-12,14,22,29-30H,4,7,13,15-19H2,(H,32,33,34). The Bertz CT molecular complexity index is 1300. The molecule has 3 N–H and O–H groups in total.